The van der Waals surface area contributed by atoms with Gasteiger partial charge in [0.2, 0.25) is 0 Å². The lowest BCUT2D eigenvalue weighted by Crippen LogP contribution is -2.41. The number of ether oxygens (including phenoxy) is 1. The van der Waals surface area contributed by atoms with E-state index in [0.29, 0.717) is 16.4 Å². The number of aromatic nitrogens is 2. The molecule has 0 radical (unpaired) electrons. The molecule has 1 aliphatic heterocycles. The van der Waals surface area contributed by atoms with Gasteiger partial charge < -0.3 is 23.6 Å². The molecule has 1 aliphatic rings. The highest BCUT2D eigenvalue weighted by Gasteiger charge is 2.52. The zero-order chi connectivity index (χ0) is 20.4. The van der Waals surface area contributed by atoms with E-state index in [2.05, 4.69) is 4.98 Å². The molecule has 3 rings (SSSR count). The van der Waals surface area contributed by atoms with Crippen molar-refractivity contribution in [1.82, 2.24) is 9.55 Å². The van der Waals surface area contributed by atoms with Crippen LogP contribution < -0.4 is 11.0 Å². The lowest BCUT2D eigenvalue weighted by atomic mass is 9.78. The van der Waals surface area contributed by atoms with Gasteiger partial charge in [-0.05, 0) is 54.5 Å². The molecule has 1 N–H and O–H groups in total. The molecule has 0 unspecified atom stereocenters. The molecule has 2 aromatic heterocycles. The van der Waals surface area contributed by atoms with E-state index in [1.165, 1.54) is 4.57 Å². The van der Waals surface area contributed by atoms with Crippen molar-refractivity contribution in [3.63, 3.8) is 0 Å². The fourth-order valence-electron chi connectivity index (χ4n) is 2.96. The Morgan fingerprint density at radius 1 is 1.19 bits per heavy atom. The monoisotopic (exact) mass is 374 g/mol. The molecule has 146 valence electrons. The van der Waals surface area contributed by atoms with Crippen molar-refractivity contribution in [1.29, 1.82) is 0 Å². The standard InChI is InChI=1S/C19H27BN2O5/c1-17(2,3)25-16(24)13-9-11-12(10-22(8)15(23)14(11)21-13)20-26-18(4,5)19(6,7)27-20/h9-10,21H,1-8H3. The minimum Gasteiger partial charge on any atom is -0.455 e. The summed E-state index contributed by atoms with van der Waals surface area (Å²) in [6, 6.07) is 1.63. The van der Waals surface area contributed by atoms with Crippen LogP contribution in [0.1, 0.15) is 59.0 Å². The van der Waals surface area contributed by atoms with E-state index in [0.717, 1.165) is 0 Å². The SMILES string of the molecule is Cn1cc(B2OC(C)(C)C(C)(C)O2)c2cc(C(=O)OC(C)(C)C)[nH]c2c1=O. The third-order valence-corrected chi connectivity index (χ3v) is 5.12. The average Bonchev–Trinajstić information content (AvgIpc) is 3.01. The number of rotatable bonds is 2. The first-order valence-electron chi connectivity index (χ1n) is 9.03. The molecule has 3 heterocycles. The first-order chi connectivity index (χ1) is 12.2. The molecule has 0 aliphatic carbocycles. The molecule has 0 aromatic carbocycles. The van der Waals surface area contributed by atoms with Crippen LogP contribution in [0.4, 0.5) is 0 Å². The van der Waals surface area contributed by atoms with Crippen molar-refractivity contribution in [2.24, 2.45) is 7.05 Å². The van der Waals surface area contributed by atoms with Crippen molar-refractivity contribution in [3.8, 4) is 0 Å². The molecule has 1 fully saturated rings. The normalized spacial score (nSPS) is 18.9. The fraction of sp³-hybridized carbons (Fsp3) is 0.579. The molecule has 0 bridgehead atoms. The van der Waals surface area contributed by atoms with Crippen LogP contribution in [-0.4, -0.2) is 39.4 Å². The Hall–Kier alpha value is -2.06. The maximum Gasteiger partial charge on any atom is 0.497 e. The summed E-state index contributed by atoms with van der Waals surface area (Å²) in [5.74, 6) is -0.513. The van der Waals surface area contributed by atoms with Gasteiger partial charge >= 0.3 is 13.1 Å². The minimum absolute atomic E-state index is 0.223. The zero-order valence-corrected chi connectivity index (χ0v) is 17.2. The highest BCUT2D eigenvalue weighted by molar-refractivity contribution is 6.65. The molecule has 1 saturated heterocycles. The topological polar surface area (TPSA) is 82.5 Å². The van der Waals surface area contributed by atoms with Crippen molar-refractivity contribution >= 4 is 29.5 Å². The Morgan fingerprint density at radius 2 is 1.74 bits per heavy atom. The molecular weight excluding hydrogens is 347 g/mol. The highest BCUT2D eigenvalue weighted by atomic mass is 16.7. The summed E-state index contributed by atoms with van der Waals surface area (Å²) in [5, 5.41) is 0.595. The molecule has 8 heteroatoms. The highest BCUT2D eigenvalue weighted by Crippen LogP contribution is 2.36. The molecule has 0 spiro atoms. The van der Waals surface area contributed by atoms with E-state index in [-0.39, 0.29) is 11.3 Å². The van der Waals surface area contributed by atoms with Crippen LogP contribution in [0.2, 0.25) is 0 Å². The van der Waals surface area contributed by atoms with Gasteiger partial charge in [-0.15, -0.1) is 0 Å². The lowest BCUT2D eigenvalue weighted by molar-refractivity contribution is 0.00578. The van der Waals surface area contributed by atoms with Gasteiger partial charge in [0, 0.05) is 24.1 Å². The Bertz CT molecular complexity index is 949. The van der Waals surface area contributed by atoms with Crippen molar-refractivity contribution in [3.05, 3.63) is 28.3 Å². The molecule has 0 atom stereocenters. The Labute approximate surface area is 159 Å². The number of hydrogen-bond acceptors (Lipinski definition) is 5. The number of fused-ring (bicyclic) bond motifs is 1. The van der Waals surface area contributed by atoms with Crippen LogP contribution in [0, 0.1) is 0 Å². The van der Waals surface area contributed by atoms with Gasteiger partial charge in [-0.3, -0.25) is 4.79 Å². The molecular formula is C19H27BN2O5. The number of carbonyl (C=O) groups is 1. The summed E-state index contributed by atoms with van der Waals surface area (Å²) in [4.78, 5) is 27.9. The molecule has 7 nitrogen and oxygen atoms in total. The summed E-state index contributed by atoms with van der Waals surface area (Å²) in [5.41, 5.74) is -0.650. The lowest BCUT2D eigenvalue weighted by Gasteiger charge is -2.32. The van der Waals surface area contributed by atoms with Crippen LogP contribution in [0.5, 0.6) is 0 Å². The van der Waals surface area contributed by atoms with E-state index in [1.54, 1.807) is 40.1 Å². The van der Waals surface area contributed by atoms with Gasteiger partial charge in [0.05, 0.1) is 11.2 Å². The van der Waals surface area contributed by atoms with E-state index in [4.69, 9.17) is 14.0 Å². The number of esters is 1. The van der Waals surface area contributed by atoms with Crippen LogP contribution in [0.15, 0.2) is 17.1 Å². The maximum atomic E-state index is 12.6. The molecule has 0 amide bonds. The predicted molar refractivity (Wildman–Crippen MR) is 104 cm³/mol. The van der Waals surface area contributed by atoms with Gasteiger partial charge in [-0.1, -0.05) is 0 Å². The fourth-order valence-corrected chi connectivity index (χ4v) is 2.96. The Morgan fingerprint density at radius 3 is 2.26 bits per heavy atom. The first-order valence-corrected chi connectivity index (χ1v) is 9.03. The second-order valence-corrected chi connectivity index (χ2v) is 9.06. The molecule has 2 aromatic rings. The van der Waals surface area contributed by atoms with E-state index in [9.17, 15) is 9.59 Å². The van der Waals surface area contributed by atoms with Gasteiger partial charge in [0.15, 0.2) is 0 Å². The zero-order valence-electron chi connectivity index (χ0n) is 17.2. The smallest absolute Gasteiger partial charge is 0.455 e. The largest absolute Gasteiger partial charge is 0.497 e. The average molecular weight is 374 g/mol. The van der Waals surface area contributed by atoms with Gasteiger partial charge in [-0.2, -0.15) is 0 Å². The summed E-state index contributed by atoms with van der Waals surface area (Å²) in [7, 11) is 1.01. The van der Waals surface area contributed by atoms with E-state index < -0.39 is 29.9 Å². The number of pyridine rings is 1. The number of hydrogen-bond donors (Lipinski definition) is 1. The van der Waals surface area contributed by atoms with E-state index in [1.807, 2.05) is 27.7 Å². The van der Waals surface area contributed by atoms with Crippen molar-refractivity contribution < 1.29 is 18.8 Å². The Balaban J connectivity index is 2.11. The second kappa shape index (κ2) is 5.97. The van der Waals surface area contributed by atoms with Gasteiger partial charge in [0.25, 0.3) is 5.56 Å². The number of aryl methyl sites for hydroxylation is 1. The molecule has 27 heavy (non-hydrogen) atoms. The summed E-state index contributed by atoms with van der Waals surface area (Å²) < 4.78 is 19.1. The minimum atomic E-state index is -0.647. The van der Waals surface area contributed by atoms with Crippen LogP contribution in [0.25, 0.3) is 10.9 Å². The quantitative estimate of drug-likeness (QED) is 0.643. The number of carbonyl (C=O) groups excluding carboxylic acids is 1. The third-order valence-electron chi connectivity index (χ3n) is 5.12. The predicted octanol–water partition coefficient (Wildman–Crippen LogP) is 2.12. The summed E-state index contributed by atoms with van der Waals surface area (Å²) >= 11 is 0. The summed E-state index contributed by atoms with van der Waals surface area (Å²) in [6.07, 6.45) is 1.69. The van der Waals surface area contributed by atoms with Crippen molar-refractivity contribution in [2.75, 3.05) is 0 Å². The Kier molecular flexibility index (Phi) is 4.36. The number of nitrogens with one attached hydrogen (secondary N) is 1. The second-order valence-electron chi connectivity index (χ2n) is 9.06. The number of nitrogens with zero attached hydrogens (tertiary/aromatic N) is 1. The van der Waals surface area contributed by atoms with Crippen LogP contribution >= 0.6 is 0 Å². The van der Waals surface area contributed by atoms with Crippen molar-refractivity contribution in [2.45, 2.75) is 65.3 Å². The van der Waals surface area contributed by atoms with Gasteiger partial charge in [0.1, 0.15) is 16.8 Å². The van der Waals surface area contributed by atoms with E-state index >= 15 is 0 Å². The first kappa shape index (κ1) is 19.7. The van der Waals surface area contributed by atoms with Gasteiger partial charge in [-0.25, -0.2) is 4.79 Å². The third kappa shape index (κ3) is 3.43. The maximum absolute atomic E-state index is 12.6. The molecule has 0 saturated carbocycles. The number of aromatic amines is 1. The number of H-pyrrole nitrogens is 1. The summed E-state index contributed by atoms with van der Waals surface area (Å²) in [6.45, 7) is 13.3. The van der Waals surface area contributed by atoms with Crippen LogP contribution in [0.3, 0.4) is 0 Å². The van der Waals surface area contributed by atoms with Crippen LogP contribution in [-0.2, 0) is 21.1 Å².